The van der Waals surface area contributed by atoms with Crippen LogP contribution in [0.15, 0.2) is 58.3 Å². The summed E-state index contributed by atoms with van der Waals surface area (Å²) in [6, 6.07) is 9.97. The third kappa shape index (κ3) is 3.59. The third-order valence-electron chi connectivity index (χ3n) is 4.73. The molecule has 10 nitrogen and oxygen atoms in total. The number of carbonyl (C=O) groups is 1. The molecule has 0 unspecified atom stereocenters. The number of aromatic nitrogens is 3. The van der Waals surface area contributed by atoms with Crippen molar-refractivity contribution in [2.45, 2.75) is 19.9 Å². The summed E-state index contributed by atoms with van der Waals surface area (Å²) in [5.74, 6) is -0.640. The van der Waals surface area contributed by atoms with E-state index in [0.717, 1.165) is 22.9 Å². The van der Waals surface area contributed by atoms with Crippen LogP contribution in [0.25, 0.3) is 5.69 Å². The van der Waals surface area contributed by atoms with Crippen LogP contribution in [0.3, 0.4) is 0 Å². The first-order valence-corrected chi connectivity index (χ1v) is 8.74. The Bertz CT molecular complexity index is 1210. The van der Waals surface area contributed by atoms with Crippen molar-refractivity contribution in [2.75, 3.05) is 5.32 Å². The lowest BCUT2D eigenvalue weighted by Gasteiger charge is -2.14. The number of benzene rings is 1. The van der Waals surface area contributed by atoms with Gasteiger partial charge >= 0.3 is 0 Å². The van der Waals surface area contributed by atoms with Crippen molar-refractivity contribution < 1.29 is 9.72 Å². The Balaban J connectivity index is 1.96. The molecule has 1 atom stereocenters. The maximum Gasteiger partial charge on any atom is 0.295 e. The van der Waals surface area contributed by atoms with E-state index in [9.17, 15) is 24.5 Å². The SMILES string of the molecule is Cc1c(NC(=O)[C@@H](C)n2cc([N+](=O)[O-])ccc2=O)c(=O)n(-c2ccccc2)n1C. The second kappa shape index (κ2) is 7.58. The number of anilines is 1. The van der Waals surface area contributed by atoms with E-state index in [1.165, 1.54) is 11.6 Å². The summed E-state index contributed by atoms with van der Waals surface area (Å²) in [5, 5.41) is 13.5. The number of carbonyl (C=O) groups excluding carboxylic acids is 1. The van der Waals surface area contributed by atoms with Crippen LogP contribution in [0.5, 0.6) is 0 Å². The Hall–Kier alpha value is -3.95. The number of pyridine rings is 1. The molecule has 3 aromatic rings. The normalized spacial score (nSPS) is 11.8. The van der Waals surface area contributed by atoms with Crippen molar-refractivity contribution in [1.29, 1.82) is 0 Å². The van der Waals surface area contributed by atoms with Crippen LogP contribution >= 0.6 is 0 Å². The molecule has 0 aliphatic rings. The molecule has 29 heavy (non-hydrogen) atoms. The number of para-hydroxylation sites is 1. The Morgan fingerprint density at radius 3 is 2.41 bits per heavy atom. The van der Waals surface area contributed by atoms with E-state index >= 15 is 0 Å². The molecular formula is C19H19N5O5. The molecule has 2 aromatic heterocycles. The van der Waals surface area contributed by atoms with Crippen molar-refractivity contribution in [3.05, 3.63) is 85.2 Å². The second-order valence-corrected chi connectivity index (χ2v) is 6.49. The van der Waals surface area contributed by atoms with Crippen LogP contribution in [0.4, 0.5) is 11.4 Å². The van der Waals surface area contributed by atoms with Crippen molar-refractivity contribution in [3.8, 4) is 5.69 Å². The number of rotatable bonds is 5. The summed E-state index contributed by atoms with van der Waals surface area (Å²) >= 11 is 0. The Labute approximate surface area is 164 Å². The lowest BCUT2D eigenvalue weighted by Crippen LogP contribution is -2.32. The summed E-state index contributed by atoms with van der Waals surface area (Å²) in [6.07, 6.45) is 1.01. The van der Waals surface area contributed by atoms with Crippen LogP contribution in [0, 0.1) is 17.0 Å². The lowest BCUT2D eigenvalue weighted by molar-refractivity contribution is -0.385. The first-order valence-electron chi connectivity index (χ1n) is 8.74. The van der Waals surface area contributed by atoms with Crippen LogP contribution in [-0.4, -0.2) is 24.8 Å². The van der Waals surface area contributed by atoms with Gasteiger partial charge in [0.2, 0.25) is 5.91 Å². The lowest BCUT2D eigenvalue weighted by atomic mass is 10.2. The zero-order valence-corrected chi connectivity index (χ0v) is 16.0. The summed E-state index contributed by atoms with van der Waals surface area (Å²) in [6.45, 7) is 3.11. The first kappa shape index (κ1) is 19.8. The van der Waals surface area contributed by atoms with Crippen molar-refractivity contribution >= 4 is 17.3 Å². The van der Waals surface area contributed by atoms with E-state index in [4.69, 9.17) is 0 Å². The average molecular weight is 397 g/mol. The highest BCUT2D eigenvalue weighted by Crippen LogP contribution is 2.17. The number of nitrogens with one attached hydrogen (secondary N) is 1. The van der Waals surface area contributed by atoms with Gasteiger partial charge in [-0.1, -0.05) is 18.2 Å². The van der Waals surface area contributed by atoms with E-state index in [1.807, 2.05) is 6.07 Å². The topological polar surface area (TPSA) is 121 Å². The maximum atomic E-state index is 12.9. The van der Waals surface area contributed by atoms with Gasteiger partial charge in [-0.3, -0.25) is 33.7 Å². The largest absolute Gasteiger partial charge is 0.318 e. The van der Waals surface area contributed by atoms with Gasteiger partial charge in [0.05, 0.1) is 22.5 Å². The third-order valence-corrected chi connectivity index (χ3v) is 4.73. The van der Waals surface area contributed by atoms with Gasteiger partial charge in [0, 0.05) is 19.2 Å². The molecule has 0 aliphatic heterocycles. The van der Waals surface area contributed by atoms with E-state index in [2.05, 4.69) is 5.32 Å². The molecule has 1 amide bonds. The molecule has 3 rings (SSSR count). The van der Waals surface area contributed by atoms with Crippen LogP contribution < -0.4 is 16.4 Å². The summed E-state index contributed by atoms with van der Waals surface area (Å²) in [4.78, 5) is 48.0. The average Bonchev–Trinajstić information content (AvgIpc) is 2.91. The zero-order valence-electron chi connectivity index (χ0n) is 16.0. The maximum absolute atomic E-state index is 12.9. The summed E-state index contributed by atoms with van der Waals surface area (Å²) < 4.78 is 3.98. The van der Waals surface area contributed by atoms with Gasteiger partial charge in [-0.15, -0.1) is 0 Å². The van der Waals surface area contributed by atoms with Gasteiger partial charge in [-0.25, -0.2) is 4.68 Å². The molecule has 1 N–H and O–H groups in total. The van der Waals surface area contributed by atoms with Crippen molar-refractivity contribution in [2.24, 2.45) is 7.05 Å². The predicted molar refractivity (Wildman–Crippen MR) is 106 cm³/mol. The van der Waals surface area contributed by atoms with Crippen LogP contribution in [0.2, 0.25) is 0 Å². The summed E-state index contributed by atoms with van der Waals surface area (Å²) in [5.41, 5.74) is -0.0801. The number of hydrogen-bond donors (Lipinski definition) is 1. The molecule has 2 heterocycles. The highest BCUT2D eigenvalue weighted by Gasteiger charge is 2.23. The number of nitro groups is 1. The standard InChI is InChI=1S/C19H19N5O5/c1-12-17(19(27)23(21(12)3)14-7-5-4-6-8-14)20-18(26)13(2)22-11-15(24(28)29)9-10-16(22)25/h4-11,13H,1-3H3,(H,20,26)/t13-/m1/s1. The van der Waals surface area contributed by atoms with Gasteiger partial charge in [-0.05, 0) is 26.0 Å². The monoisotopic (exact) mass is 397 g/mol. The Morgan fingerprint density at radius 1 is 1.14 bits per heavy atom. The van der Waals surface area contributed by atoms with Crippen LogP contribution in [-0.2, 0) is 11.8 Å². The molecule has 0 radical (unpaired) electrons. The first-order chi connectivity index (χ1) is 13.7. The molecule has 0 fully saturated rings. The van der Waals surface area contributed by atoms with Gasteiger partial charge in [-0.2, -0.15) is 0 Å². The molecular weight excluding hydrogens is 378 g/mol. The molecule has 0 spiro atoms. The molecule has 0 bridgehead atoms. The summed E-state index contributed by atoms with van der Waals surface area (Å²) in [7, 11) is 1.69. The Morgan fingerprint density at radius 2 is 1.79 bits per heavy atom. The quantitative estimate of drug-likeness (QED) is 0.519. The minimum Gasteiger partial charge on any atom is -0.318 e. The van der Waals surface area contributed by atoms with E-state index in [-0.39, 0.29) is 11.4 Å². The van der Waals surface area contributed by atoms with E-state index in [0.29, 0.717) is 11.4 Å². The molecule has 0 saturated carbocycles. The van der Waals surface area contributed by atoms with E-state index < -0.39 is 28.0 Å². The van der Waals surface area contributed by atoms with Gasteiger partial charge in [0.25, 0.3) is 16.8 Å². The highest BCUT2D eigenvalue weighted by molar-refractivity contribution is 5.93. The molecule has 10 heteroatoms. The zero-order chi connectivity index (χ0) is 21.3. The Kier molecular flexibility index (Phi) is 5.18. The molecule has 1 aromatic carbocycles. The van der Waals surface area contributed by atoms with Crippen molar-refractivity contribution in [1.82, 2.24) is 13.9 Å². The van der Waals surface area contributed by atoms with Gasteiger partial charge < -0.3 is 5.32 Å². The predicted octanol–water partition coefficient (Wildman–Crippen LogP) is 1.75. The van der Waals surface area contributed by atoms with Gasteiger partial charge in [0.1, 0.15) is 11.7 Å². The fraction of sp³-hybridized carbons (Fsp3) is 0.211. The van der Waals surface area contributed by atoms with Gasteiger partial charge in [0.15, 0.2) is 0 Å². The molecule has 0 saturated heterocycles. The number of amides is 1. The van der Waals surface area contributed by atoms with Crippen LogP contribution in [0.1, 0.15) is 18.7 Å². The minimum atomic E-state index is -1.06. The smallest absolute Gasteiger partial charge is 0.295 e. The number of hydrogen-bond acceptors (Lipinski definition) is 5. The fourth-order valence-corrected chi connectivity index (χ4v) is 2.97. The minimum absolute atomic E-state index is 0.0756. The highest BCUT2D eigenvalue weighted by atomic mass is 16.6. The molecule has 0 aliphatic carbocycles. The van der Waals surface area contributed by atoms with Crippen molar-refractivity contribution in [3.63, 3.8) is 0 Å². The fourth-order valence-electron chi connectivity index (χ4n) is 2.97. The second-order valence-electron chi connectivity index (χ2n) is 6.49. The molecule has 150 valence electrons. The van der Waals surface area contributed by atoms with E-state index in [1.54, 1.807) is 42.9 Å². The number of nitrogens with zero attached hydrogens (tertiary/aromatic N) is 4.